The maximum Gasteiger partial charge on any atom is 0.278 e. The lowest BCUT2D eigenvalue weighted by atomic mass is 9.85. The Morgan fingerprint density at radius 3 is 2.74 bits per heavy atom. The summed E-state index contributed by atoms with van der Waals surface area (Å²) < 4.78 is 5.28. The first-order chi connectivity index (χ1) is 15.1. The van der Waals surface area contributed by atoms with Crippen LogP contribution in [-0.2, 0) is 4.79 Å². The fourth-order valence-corrected chi connectivity index (χ4v) is 3.53. The molecule has 1 aliphatic carbocycles. The van der Waals surface area contributed by atoms with Gasteiger partial charge in [-0.1, -0.05) is 23.2 Å². The molecule has 1 aliphatic rings. The van der Waals surface area contributed by atoms with Gasteiger partial charge >= 0.3 is 0 Å². The molecule has 0 radical (unpaired) electrons. The minimum absolute atomic E-state index is 0.0148. The number of H-pyrrole nitrogens is 1. The molecular formula is C20H16ClN7O3. The quantitative estimate of drug-likeness (QED) is 0.433. The van der Waals surface area contributed by atoms with Crippen LogP contribution in [0.5, 0.6) is 0 Å². The fourth-order valence-electron chi connectivity index (χ4n) is 3.36. The SMILES string of the molecule is O=C(Nc1ccc(Cl)cc1-c1nn[nH]n1)c1noc2ccc(NC(=O)C3CCC3)cc12. The van der Waals surface area contributed by atoms with Crippen molar-refractivity contribution < 1.29 is 14.1 Å². The number of aromatic amines is 1. The first kappa shape index (κ1) is 19.2. The normalized spacial score (nSPS) is 13.7. The van der Waals surface area contributed by atoms with E-state index in [9.17, 15) is 9.59 Å². The van der Waals surface area contributed by atoms with Crippen LogP contribution in [0, 0.1) is 5.92 Å². The molecule has 0 unspecified atom stereocenters. The number of hydrogen-bond donors (Lipinski definition) is 3. The highest BCUT2D eigenvalue weighted by Gasteiger charge is 2.25. The maximum atomic E-state index is 13.0. The van der Waals surface area contributed by atoms with Crippen LogP contribution in [0.15, 0.2) is 40.9 Å². The van der Waals surface area contributed by atoms with Crippen LogP contribution >= 0.6 is 11.6 Å². The molecule has 0 spiro atoms. The first-order valence-corrected chi connectivity index (χ1v) is 10.0. The zero-order valence-corrected chi connectivity index (χ0v) is 16.8. The third kappa shape index (κ3) is 3.73. The van der Waals surface area contributed by atoms with Gasteiger partial charge in [0.2, 0.25) is 11.7 Å². The van der Waals surface area contributed by atoms with Crippen molar-refractivity contribution in [3.8, 4) is 11.4 Å². The highest BCUT2D eigenvalue weighted by molar-refractivity contribution is 6.31. The number of carbonyl (C=O) groups excluding carboxylic acids is 2. The molecule has 2 amide bonds. The second-order valence-electron chi connectivity index (χ2n) is 7.24. The van der Waals surface area contributed by atoms with E-state index in [2.05, 4.69) is 36.4 Å². The topological polar surface area (TPSA) is 139 Å². The van der Waals surface area contributed by atoms with Gasteiger partial charge in [-0.3, -0.25) is 9.59 Å². The molecule has 0 atom stereocenters. The Morgan fingerprint density at radius 1 is 1.13 bits per heavy atom. The van der Waals surface area contributed by atoms with Gasteiger partial charge in [0.15, 0.2) is 11.3 Å². The van der Waals surface area contributed by atoms with Gasteiger partial charge in [0.1, 0.15) is 0 Å². The monoisotopic (exact) mass is 437 g/mol. The molecule has 0 bridgehead atoms. The van der Waals surface area contributed by atoms with E-state index in [0.717, 1.165) is 19.3 Å². The summed E-state index contributed by atoms with van der Waals surface area (Å²) in [5, 5.41) is 24.3. The van der Waals surface area contributed by atoms with E-state index in [0.29, 0.717) is 32.9 Å². The highest BCUT2D eigenvalue weighted by Crippen LogP contribution is 2.31. The van der Waals surface area contributed by atoms with Crippen LogP contribution in [-0.4, -0.2) is 37.6 Å². The summed E-state index contributed by atoms with van der Waals surface area (Å²) in [5.41, 5.74) is 2.03. The number of halogens is 1. The molecule has 3 N–H and O–H groups in total. The molecule has 10 nitrogen and oxygen atoms in total. The maximum absolute atomic E-state index is 13.0. The van der Waals surface area contributed by atoms with E-state index in [1.165, 1.54) is 0 Å². The molecule has 1 saturated carbocycles. The van der Waals surface area contributed by atoms with Crippen molar-refractivity contribution in [3.05, 3.63) is 47.1 Å². The highest BCUT2D eigenvalue weighted by atomic mass is 35.5. The Hall–Kier alpha value is -3.79. The average molecular weight is 438 g/mol. The molecule has 1 fully saturated rings. The zero-order valence-electron chi connectivity index (χ0n) is 16.1. The van der Waals surface area contributed by atoms with Gasteiger partial charge in [0, 0.05) is 22.2 Å². The predicted molar refractivity (Wildman–Crippen MR) is 113 cm³/mol. The van der Waals surface area contributed by atoms with E-state index in [-0.39, 0.29) is 23.3 Å². The Bertz CT molecular complexity index is 1280. The van der Waals surface area contributed by atoms with Crippen molar-refractivity contribution in [2.24, 2.45) is 5.92 Å². The smallest absolute Gasteiger partial charge is 0.278 e. The molecule has 156 valence electrons. The van der Waals surface area contributed by atoms with Gasteiger partial charge < -0.3 is 15.2 Å². The fraction of sp³-hybridized carbons (Fsp3) is 0.200. The lowest BCUT2D eigenvalue weighted by Gasteiger charge is -2.24. The lowest BCUT2D eigenvalue weighted by Crippen LogP contribution is -2.27. The summed E-state index contributed by atoms with van der Waals surface area (Å²) in [6.07, 6.45) is 2.88. The van der Waals surface area contributed by atoms with Crippen molar-refractivity contribution in [2.45, 2.75) is 19.3 Å². The number of nitrogens with one attached hydrogen (secondary N) is 3. The number of rotatable bonds is 5. The van der Waals surface area contributed by atoms with E-state index < -0.39 is 5.91 Å². The predicted octanol–water partition coefficient (Wildman–Crippen LogP) is 3.65. The molecule has 2 aromatic heterocycles. The number of tetrazole rings is 1. The number of anilines is 2. The number of fused-ring (bicyclic) bond motifs is 1. The molecule has 2 heterocycles. The second-order valence-corrected chi connectivity index (χ2v) is 7.68. The molecule has 31 heavy (non-hydrogen) atoms. The van der Waals surface area contributed by atoms with Crippen molar-refractivity contribution in [1.82, 2.24) is 25.8 Å². The summed E-state index contributed by atoms with van der Waals surface area (Å²) in [6, 6.07) is 9.96. The summed E-state index contributed by atoms with van der Waals surface area (Å²) in [6.45, 7) is 0. The molecule has 5 rings (SSSR count). The molecule has 4 aromatic rings. The molecule has 2 aromatic carbocycles. The molecule has 11 heteroatoms. The van der Waals surface area contributed by atoms with Crippen LogP contribution in [0.3, 0.4) is 0 Å². The number of nitrogens with zero attached hydrogens (tertiary/aromatic N) is 4. The molecule has 0 aliphatic heterocycles. The number of carbonyl (C=O) groups is 2. The number of amides is 2. The zero-order chi connectivity index (χ0) is 21.4. The lowest BCUT2D eigenvalue weighted by molar-refractivity contribution is -0.122. The number of benzene rings is 2. The van der Waals surface area contributed by atoms with E-state index >= 15 is 0 Å². The third-order valence-electron chi connectivity index (χ3n) is 5.24. The molecular weight excluding hydrogens is 422 g/mol. The van der Waals surface area contributed by atoms with Crippen LogP contribution in [0.1, 0.15) is 29.8 Å². The van der Waals surface area contributed by atoms with E-state index in [1.54, 1.807) is 36.4 Å². The minimum Gasteiger partial charge on any atom is -0.355 e. The van der Waals surface area contributed by atoms with Crippen molar-refractivity contribution in [3.63, 3.8) is 0 Å². The van der Waals surface area contributed by atoms with Crippen LogP contribution in [0.4, 0.5) is 11.4 Å². The van der Waals surface area contributed by atoms with Gasteiger partial charge in [-0.25, -0.2) is 0 Å². The summed E-state index contributed by atoms with van der Waals surface area (Å²) in [7, 11) is 0. The Balaban J connectivity index is 1.43. The third-order valence-corrected chi connectivity index (χ3v) is 5.48. The largest absolute Gasteiger partial charge is 0.355 e. The van der Waals surface area contributed by atoms with Crippen LogP contribution < -0.4 is 10.6 Å². The Morgan fingerprint density at radius 2 is 2.00 bits per heavy atom. The number of hydrogen-bond acceptors (Lipinski definition) is 7. The average Bonchev–Trinajstić information content (AvgIpc) is 3.37. The molecule has 0 saturated heterocycles. The van der Waals surface area contributed by atoms with Crippen LogP contribution in [0.2, 0.25) is 5.02 Å². The van der Waals surface area contributed by atoms with Crippen molar-refractivity contribution in [2.75, 3.05) is 10.6 Å². The van der Waals surface area contributed by atoms with E-state index in [1.807, 2.05) is 0 Å². The van der Waals surface area contributed by atoms with Gasteiger partial charge in [-0.05, 0) is 54.5 Å². The van der Waals surface area contributed by atoms with Gasteiger partial charge in [0.05, 0.1) is 11.1 Å². The summed E-state index contributed by atoms with van der Waals surface area (Å²) in [4.78, 5) is 25.2. The summed E-state index contributed by atoms with van der Waals surface area (Å²) in [5.74, 6) is -0.175. The van der Waals surface area contributed by atoms with Crippen molar-refractivity contribution >= 4 is 45.8 Å². The van der Waals surface area contributed by atoms with Gasteiger partial charge in [-0.15, -0.1) is 10.2 Å². The standard InChI is InChI=1S/C20H16ClN7O3/c21-11-4-6-15(13(8-11)18-24-27-28-25-18)23-20(30)17-14-9-12(5-7-16(14)31-26-17)22-19(29)10-2-1-3-10/h4-10H,1-3H2,(H,22,29)(H,23,30)(H,24,25,27,28). The summed E-state index contributed by atoms with van der Waals surface area (Å²) >= 11 is 6.08. The Labute approximate surface area is 180 Å². The van der Waals surface area contributed by atoms with Gasteiger partial charge in [0.25, 0.3) is 5.91 Å². The van der Waals surface area contributed by atoms with E-state index in [4.69, 9.17) is 16.1 Å². The first-order valence-electron chi connectivity index (χ1n) is 9.63. The van der Waals surface area contributed by atoms with Crippen LogP contribution in [0.25, 0.3) is 22.4 Å². The van der Waals surface area contributed by atoms with Crippen molar-refractivity contribution in [1.29, 1.82) is 0 Å². The Kier molecular flexibility index (Phi) is 4.83. The minimum atomic E-state index is -0.492. The number of aromatic nitrogens is 5. The van der Waals surface area contributed by atoms with Gasteiger partial charge in [-0.2, -0.15) is 5.21 Å². The second kappa shape index (κ2) is 7.80.